The third-order valence-corrected chi connectivity index (χ3v) is 5.32. The number of amides is 1. The van der Waals surface area contributed by atoms with Gasteiger partial charge < -0.3 is 9.47 Å². The van der Waals surface area contributed by atoms with Crippen LogP contribution in [0.1, 0.15) is 45.7 Å². The molecule has 0 aromatic heterocycles. The lowest BCUT2D eigenvalue weighted by atomic mass is 10.0. The van der Waals surface area contributed by atoms with Crippen molar-refractivity contribution in [1.29, 1.82) is 0 Å². The van der Waals surface area contributed by atoms with Crippen LogP contribution in [0.2, 0.25) is 0 Å². The third-order valence-electron chi connectivity index (χ3n) is 5.32. The molecule has 6 nitrogen and oxygen atoms in total. The standard InChI is InChI=1S/C27H38N2O4/c1-20(2)24(25(30)32-19-22-11-9-8-10-12-22)28(6)18-17-21-13-15-23(16-14-21)29(7)26(31)33-27(3,4)5/h8-16,20,24H,17-19H2,1-7H3. The second-order valence-electron chi connectivity index (χ2n) is 9.72. The van der Waals surface area contributed by atoms with Crippen LogP contribution in [-0.4, -0.2) is 49.2 Å². The van der Waals surface area contributed by atoms with E-state index in [-0.39, 0.29) is 30.6 Å². The molecule has 0 fully saturated rings. The van der Waals surface area contributed by atoms with Gasteiger partial charge in [-0.2, -0.15) is 0 Å². The number of benzene rings is 2. The molecule has 1 amide bonds. The lowest BCUT2D eigenvalue weighted by Gasteiger charge is -2.29. The Morgan fingerprint density at radius 1 is 0.909 bits per heavy atom. The predicted octanol–water partition coefficient (Wildman–Crippen LogP) is 5.30. The molecule has 0 N–H and O–H groups in total. The van der Waals surface area contributed by atoms with Gasteiger partial charge in [-0.25, -0.2) is 4.79 Å². The number of carbonyl (C=O) groups excluding carboxylic acids is 2. The summed E-state index contributed by atoms with van der Waals surface area (Å²) in [6.07, 6.45) is 0.394. The first-order valence-corrected chi connectivity index (χ1v) is 11.4. The average Bonchev–Trinajstić information content (AvgIpc) is 2.75. The molecule has 2 aromatic carbocycles. The first-order chi connectivity index (χ1) is 15.5. The van der Waals surface area contributed by atoms with Crippen LogP contribution in [0.5, 0.6) is 0 Å². The zero-order valence-electron chi connectivity index (χ0n) is 21.0. The summed E-state index contributed by atoms with van der Waals surface area (Å²) < 4.78 is 11.0. The minimum absolute atomic E-state index is 0.128. The molecule has 1 atom stereocenters. The second kappa shape index (κ2) is 11.8. The van der Waals surface area contributed by atoms with E-state index in [2.05, 4.69) is 4.90 Å². The first kappa shape index (κ1) is 26.4. The molecule has 0 saturated heterocycles. The van der Waals surface area contributed by atoms with Crippen molar-refractivity contribution in [2.45, 2.75) is 59.3 Å². The highest BCUT2D eigenvalue weighted by molar-refractivity contribution is 5.87. The van der Waals surface area contributed by atoms with E-state index in [1.165, 1.54) is 4.90 Å². The number of likely N-dealkylation sites (N-methyl/N-ethyl adjacent to an activating group) is 1. The number of anilines is 1. The minimum Gasteiger partial charge on any atom is -0.460 e. The van der Waals surface area contributed by atoms with Crippen LogP contribution in [0, 0.1) is 5.92 Å². The Bertz CT molecular complexity index is 889. The van der Waals surface area contributed by atoms with Gasteiger partial charge in [0.15, 0.2) is 0 Å². The van der Waals surface area contributed by atoms with Gasteiger partial charge in [0.1, 0.15) is 18.2 Å². The Balaban J connectivity index is 1.92. The Kier molecular flexibility index (Phi) is 9.47. The fourth-order valence-corrected chi connectivity index (χ4v) is 3.54. The smallest absolute Gasteiger partial charge is 0.414 e. The summed E-state index contributed by atoms with van der Waals surface area (Å²) in [5.41, 5.74) is 2.34. The molecule has 33 heavy (non-hydrogen) atoms. The van der Waals surface area contributed by atoms with Crippen molar-refractivity contribution in [1.82, 2.24) is 4.90 Å². The molecule has 0 bridgehead atoms. The molecule has 6 heteroatoms. The molecular weight excluding hydrogens is 416 g/mol. The summed E-state index contributed by atoms with van der Waals surface area (Å²) >= 11 is 0. The Morgan fingerprint density at radius 2 is 1.52 bits per heavy atom. The highest BCUT2D eigenvalue weighted by Gasteiger charge is 2.28. The molecule has 180 valence electrons. The normalized spacial score (nSPS) is 12.5. The topological polar surface area (TPSA) is 59.1 Å². The van der Waals surface area contributed by atoms with E-state index < -0.39 is 5.60 Å². The first-order valence-electron chi connectivity index (χ1n) is 11.4. The minimum atomic E-state index is -0.537. The largest absolute Gasteiger partial charge is 0.460 e. The third kappa shape index (κ3) is 8.54. The Morgan fingerprint density at radius 3 is 2.06 bits per heavy atom. The highest BCUT2D eigenvalue weighted by Crippen LogP contribution is 2.19. The van der Waals surface area contributed by atoms with Crippen molar-refractivity contribution < 1.29 is 19.1 Å². The molecule has 0 saturated carbocycles. The van der Waals surface area contributed by atoms with Crippen LogP contribution in [-0.2, 0) is 27.3 Å². The summed E-state index contributed by atoms with van der Waals surface area (Å²) in [4.78, 5) is 28.6. The molecule has 0 spiro atoms. The van der Waals surface area contributed by atoms with Crippen LogP contribution >= 0.6 is 0 Å². The number of ether oxygens (including phenoxy) is 2. The number of hydrogen-bond donors (Lipinski definition) is 0. The fraction of sp³-hybridized carbons (Fsp3) is 0.481. The maximum absolute atomic E-state index is 12.8. The number of hydrogen-bond acceptors (Lipinski definition) is 5. The lowest BCUT2D eigenvalue weighted by molar-refractivity contribution is -0.152. The van der Waals surface area contributed by atoms with Crippen molar-refractivity contribution in [3.05, 3.63) is 65.7 Å². The zero-order valence-corrected chi connectivity index (χ0v) is 21.0. The van der Waals surface area contributed by atoms with Crippen LogP contribution < -0.4 is 4.90 Å². The van der Waals surface area contributed by atoms with Gasteiger partial charge in [0.2, 0.25) is 0 Å². The van der Waals surface area contributed by atoms with Gasteiger partial charge in [-0.3, -0.25) is 14.6 Å². The second-order valence-corrected chi connectivity index (χ2v) is 9.72. The van der Waals surface area contributed by atoms with Gasteiger partial charge >= 0.3 is 12.1 Å². The number of rotatable bonds is 9. The fourth-order valence-electron chi connectivity index (χ4n) is 3.54. The van der Waals surface area contributed by atoms with Gasteiger partial charge in [-0.15, -0.1) is 0 Å². The molecule has 0 aliphatic carbocycles. The Hall–Kier alpha value is -2.86. The van der Waals surface area contributed by atoms with Crippen molar-refractivity contribution in [2.75, 3.05) is 25.5 Å². The average molecular weight is 455 g/mol. The van der Waals surface area contributed by atoms with Gasteiger partial charge in [-0.1, -0.05) is 56.3 Å². The summed E-state index contributed by atoms with van der Waals surface area (Å²) in [5, 5.41) is 0. The van der Waals surface area contributed by atoms with E-state index in [1.807, 2.05) is 96.3 Å². The summed E-state index contributed by atoms with van der Waals surface area (Å²) in [6, 6.07) is 17.2. The van der Waals surface area contributed by atoms with Gasteiger partial charge in [0.05, 0.1) is 0 Å². The quantitative estimate of drug-likeness (QED) is 0.481. The number of nitrogens with zero attached hydrogens (tertiary/aromatic N) is 2. The van der Waals surface area contributed by atoms with E-state index in [9.17, 15) is 9.59 Å². The van der Waals surface area contributed by atoms with E-state index in [0.29, 0.717) is 6.54 Å². The SMILES string of the molecule is CC(C)C(C(=O)OCc1ccccc1)N(C)CCc1ccc(N(C)C(=O)OC(C)(C)C)cc1. The van der Waals surface area contributed by atoms with E-state index in [4.69, 9.17) is 9.47 Å². The van der Waals surface area contributed by atoms with Gasteiger partial charge in [-0.05, 0) is 63.4 Å². The molecular formula is C27H38N2O4. The molecule has 0 heterocycles. The van der Waals surface area contributed by atoms with Crippen molar-refractivity contribution in [3.63, 3.8) is 0 Å². The van der Waals surface area contributed by atoms with Crippen LogP contribution in [0.15, 0.2) is 54.6 Å². The zero-order chi connectivity index (χ0) is 24.6. The predicted molar refractivity (Wildman–Crippen MR) is 132 cm³/mol. The number of carbonyl (C=O) groups is 2. The summed E-state index contributed by atoms with van der Waals surface area (Å²) in [7, 11) is 3.66. The van der Waals surface area contributed by atoms with Crippen molar-refractivity contribution in [3.8, 4) is 0 Å². The molecule has 0 aliphatic heterocycles. The van der Waals surface area contributed by atoms with Crippen molar-refractivity contribution >= 4 is 17.7 Å². The molecule has 0 aliphatic rings. The van der Waals surface area contributed by atoms with E-state index in [0.717, 1.165) is 23.2 Å². The monoisotopic (exact) mass is 454 g/mol. The van der Waals surface area contributed by atoms with Crippen molar-refractivity contribution in [2.24, 2.45) is 5.92 Å². The molecule has 2 rings (SSSR count). The highest BCUT2D eigenvalue weighted by atomic mass is 16.6. The van der Waals surface area contributed by atoms with E-state index in [1.54, 1.807) is 7.05 Å². The molecule has 0 radical (unpaired) electrons. The van der Waals surface area contributed by atoms with Crippen LogP contribution in [0.3, 0.4) is 0 Å². The van der Waals surface area contributed by atoms with Crippen LogP contribution in [0.25, 0.3) is 0 Å². The summed E-state index contributed by atoms with van der Waals surface area (Å²) in [5.74, 6) is -0.0752. The van der Waals surface area contributed by atoms with Crippen LogP contribution in [0.4, 0.5) is 10.5 Å². The molecule has 2 aromatic rings. The maximum Gasteiger partial charge on any atom is 0.414 e. The summed E-state index contributed by atoms with van der Waals surface area (Å²) in [6.45, 7) is 10.6. The Labute approximate surface area is 198 Å². The maximum atomic E-state index is 12.8. The van der Waals surface area contributed by atoms with E-state index >= 15 is 0 Å². The number of esters is 1. The van der Waals surface area contributed by atoms with Gasteiger partial charge in [0.25, 0.3) is 0 Å². The van der Waals surface area contributed by atoms with Gasteiger partial charge in [0, 0.05) is 19.3 Å². The lowest BCUT2D eigenvalue weighted by Crippen LogP contribution is -2.44. The molecule has 1 unspecified atom stereocenters.